The predicted molar refractivity (Wildman–Crippen MR) is 99.6 cm³/mol. The molecule has 1 aliphatic rings. The third kappa shape index (κ3) is 3.20. The molecule has 26 heavy (non-hydrogen) atoms. The SMILES string of the molecule is Cc1ccccc1C(=O)NC1CCCc2nc(-c3ccccn3)ncc21. The Bertz CT molecular complexity index is 940. The molecular weight excluding hydrogens is 324 g/mol. The van der Waals surface area contributed by atoms with Crippen molar-refractivity contribution in [3.63, 3.8) is 0 Å². The minimum absolute atomic E-state index is 0.0465. The molecular formula is C21H20N4O. The number of benzene rings is 1. The number of rotatable bonds is 3. The van der Waals surface area contributed by atoms with Crippen molar-refractivity contribution >= 4 is 5.91 Å². The molecule has 0 spiro atoms. The molecule has 0 aliphatic heterocycles. The summed E-state index contributed by atoms with van der Waals surface area (Å²) < 4.78 is 0. The summed E-state index contributed by atoms with van der Waals surface area (Å²) in [6.07, 6.45) is 6.37. The van der Waals surface area contributed by atoms with Crippen molar-refractivity contribution in [3.8, 4) is 11.5 Å². The van der Waals surface area contributed by atoms with Crippen LogP contribution in [-0.2, 0) is 6.42 Å². The maximum absolute atomic E-state index is 12.7. The van der Waals surface area contributed by atoms with Crippen LogP contribution in [0.2, 0.25) is 0 Å². The predicted octanol–water partition coefficient (Wildman–Crippen LogP) is 3.65. The Hall–Kier alpha value is -3.08. The quantitative estimate of drug-likeness (QED) is 0.787. The van der Waals surface area contributed by atoms with Crippen LogP contribution >= 0.6 is 0 Å². The molecule has 0 fully saturated rings. The summed E-state index contributed by atoms with van der Waals surface area (Å²) in [6.45, 7) is 1.95. The van der Waals surface area contributed by atoms with Gasteiger partial charge in [0.1, 0.15) is 5.69 Å². The number of hydrogen-bond acceptors (Lipinski definition) is 4. The van der Waals surface area contributed by atoms with Gasteiger partial charge in [0.2, 0.25) is 0 Å². The highest BCUT2D eigenvalue weighted by Crippen LogP contribution is 2.29. The van der Waals surface area contributed by atoms with E-state index in [1.807, 2.05) is 55.6 Å². The topological polar surface area (TPSA) is 67.8 Å². The summed E-state index contributed by atoms with van der Waals surface area (Å²) in [7, 11) is 0. The highest BCUT2D eigenvalue weighted by molar-refractivity contribution is 5.95. The average Bonchev–Trinajstić information content (AvgIpc) is 2.69. The summed E-state index contributed by atoms with van der Waals surface area (Å²) >= 11 is 0. The molecule has 1 amide bonds. The molecule has 1 aromatic carbocycles. The van der Waals surface area contributed by atoms with E-state index in [0.29, 0.717) is 11.4 Å². The van der Waals surface area contributed by atoms with E-state index in [2.05, 4.69) is 15.3 Å². The highest BCUT2D eigenvalue weighted by atomic mass is 16.1. The Morgan fingerprint density at radius 1 is 1.12 bits per heavy atom. The molecule has 0 saturated carbocycles. The molecule has 2 aromatic heterocycles. The summed E-state index contributed by atoms with van der Waals surface area (Å²) in [6, 6.07) is 13.3. The lowest BCUT2D eigenvalue weighted by Crippen LogP contribution is -2.32. The molecule has 5 nitrogen and oxygen atoms in total. The van der Waals surface area contributed by atoms with Crippen molar-refractivity contribution in [3.05, 3.63) is 77.2 Å². The number of amides is 1. The molecule has 1 unspecified atom stereocenters. The minimum Gasteiger partial charge on any atom is -0.345 e. The molecule has 0 radical (unpaired) electrons. The molecule has 2 heterocycles. The number of pyridine rings is 1. The first-order chi connectivity index (χ1) is 12.7. The van der Waals surface area contributed by atoms with Crippen LogP contribution in [0.5, 0.6) is 0 Å². The van der Waals surface area contributed by atoms with Crippen molar-refractivity contribution in [2.75, 3.05) is 0 Å². The van der Waals surface area contributed by atoms with Gasteiger partial charge in [0.15, 0.2) is 5.82 Å². The fraction of sp³-hybridized carbons (Fsp3) is 0.238. The Morgan fingerprint density at radius 2 is 1.96 bits per heavy atom. The fourth-order valence-electron chi connectivity index (χ4n) is 3.38. The largest absolute Gasteiger partial charge is 0.345 e. The van der Waals surface area contributed by atoms with Crippen LogP contribution in [0.3, 0.4) is 0 Å². The molecule has 1 N–H and O–H groups in total. The second-order valence-electron chi connectivity index (χ2n) is 6.54. The van der Waals surface area contributed by atoms with E-state index >= 15 is 0 Å². The van der Waals surface area contributed by atoms with Crippen molar-refractivity contribution in [2.24, 2.45) is 0 Å². The van der Waals surface area contributed by atoms with Crippen LogP contribution < -0.4 is 5.32 Å². The zero-order valence-corrected chi connectivity index (χ0v) is 14.6. The third-order valence-corrected chi connectivity index (χ3v) is 4.77. The molecule has 0 bridgehead atoms. The Balaban J connectivity index is 1.60. The van der Waals surface area contributed by atoms with Crippen molar-refractivity contribution < 1.29 is 4.79 Å². The number of carbonyl (C=O) groups excluding carboxylic acids is 1. The highest BCUT2D eigenvalue weighted by Gasteiger charge is 2.25. The number of nitrogens with zero attached hydrogens (tertiary/aromatic N) is 3. The molecule has 3 aromatic rings. The monoisotopic (exact) mass is 344 g/mol. The molecule has 5 heteroatoms. The first kappa shape index (κ1) is 16.4. The van der Waals surface area contributed by atoms with E-state index in [9.17, 15) is 4.79 Å². The number of fused-ring (bicyclic) bond motifs is 1. The standard InChI is InChI=1S/C21H20N4O/c1-14-7-2-3-8-15(14)21(26)25-18-11-6-10-17-16(18)13-23-20(24-17)19-9-4-5-12-22-19/h2-5,7-9,12-13,18H,6,10-11H2,1H3,(H,25,26). The number of carbonyl (C=O) groups is 1. The first-order valence-electron chi connectivity index (χ1n) is 8.86. The molecule has 130 valence electrons. The summed E-state index contributed by atoms with van der Waals surface area (Å²) in [5.74, 6) is 0.588. The van der Waals surface area contributed by atoms with Gasteiger partial charge in [-0.1, -0.05) is 24.3 Å². The molecule has 4 rings (SSSR count). The Morgan fingerprint density at radius 3 is 2.77 bits per heavy atom. The van der Waals surface area contributed by atoms with Gasteiger partial charge in [-0.3, -0.25) is 9.78 Å². The minimum atomic E-state index is -0.0522. The second kappa shape index (κ2) is 7.04. The molecule has 0 saturated heterocycles. The average molecular weight is 344 g/mol. The van der Waals surface area contributed by atoms with Gasteiger partial charge < -0.3 is 5.32 Å². The van der Waals surface area contributed by atoms with Crippen LogP contribution in [0, 0.1) is 6.92 Å². The Kier molecular flexibility index (Phi) is 4.44. The van der Waals surface area contributed by atoms with Gasteiger partial charge in [0, 0.05) is 29.2 Å². The lowest BCUT2D eigenvalue weighted by atomic mass is 9.92. The van der Waals surface area contributed by atoms with E-state index in [0.717, 1.165) is 41.8 Å². The number of aromatic nitrogens is 3. The van der Waals surface area contributed by atoms with Gasteiger partial charge in [-0.15, -0.1) is 0 Å². The van der Waals surface area contributed by atoms with Crippen LogP contribution in [-0.4, -0.2) is 20.9 Å². The van der Waals surface area contributed by atoms with Gasteiger partial charge in [0.05, 0.1) is 6.04 Å². The first-order valence-corrected chi connectivity index (χ1v) is 8.86. The lowest BCUT2D eigenvalue weighted by Gasteiger charge is -2.25. The van der Waals surface area contributed by atoms with Gasteiger partial charge in [-0.25, -0.2) is 9.97 Å². The summed E-state index contributed by atoms with van der Waals surface area (Å²) in [5.41, 5.74) is 4.47. The van der Waals surface area contributed by atoms with Gasteiger partial charge >= 0.3 is 0 Å². The Labute approximate surface area is 152 Å². The molecule has 1 aliphatic carbocycles. The fourth-order valence-corrected chi connectivity index (χ4v) is 3.38. The smallest absolute Gasteiger partial charge is 0.252 e. The van der Waals surface area contributed by atoms with E-state index < -0.39 is 0 Å². The van der Waals surface area contributed by atoms with E-state index in [-0.39, 0.29) is 11.9 Å². The van der Waals surface area contributed by atoms with Crippen LogP contribution in [0.1, 0.15) is 46.1 Å². The second-order valence-corrected chi connectivity index (χ2v) is 6.54. The van der Waals surface area contributed by atoms with Gasteiger partial charge in [-0.2, -0.15) is 0 Å². The summed E-state index contributed by atoms with van der Waals surface area (Å²) in [5, 5.41) is 3.16. The van der Waals surface area contributed by atoms with Crippen LogP contribution in [0.4, 0.5) is 0 Å². The molecule has 1 atom stereocenters. The normalized spacial score (nSPS) is 16.0. The van der Waals surface area contributed by atoms with E-state index in [4.69, 9.17) is 4.98 Å². The number of nitrogens with one attached hydrogen (secondary N) is 1. The zero-order chi connectivity index (χ0) is 17.9. The van der Waals surface area contributed by atoms with E-state index in [1.165, 1.54) is 0 Å². The maximum Gasteiger partial charge on any atom is 0.252 e. The number of aryl methyl sites for hydroxylation is 2. The van der Waals surface area contributed by atoms with Crippen molar-refractivity contribution in [2.45, 2.75) is 32.2 Å². The van der Waals surface area contributed by atoms with Crippen LogP contribution in [0.15, 0.2) is 54.9 Å². The van der Waals surface area contributed by atoms with Gasteiger partial charge in [0.25, 0.3) is 5.91 Å². The lowest BCUT2D eigenvalue weighted by molar-refractivity contribution is 0.0932. The summed E-state index contributed by atoms with van der Waals surface area (Å²) in [4.78, 5) is 26.2. The third-order valence-electron chi connectivity index (χ3n) is 4.77. The van der Waals surface area contributed by atoms with Crippen molar-refractivity contribution in [1.82, 2.24) is 20.3 Å². The van der Waals surface area contributed by atoms with Crippen molar-refractivity contribution in [1.29, 1.82) is 0 Å². The van der Waals surface area contributed by atoms with Gasteiger partial charge in [-0.05, 0) is 49.9 Å². The zero-order valence-electron chi connectivity index (χ0n) is 14.6. The van der Waals surface area contributed by atoms with Crippen LogP contribution in [0.25, 0.3) is 11.5 Å². The maximum atomic E-state index is 12.7. The number of hydrogen-bond donors (Lipinski definition) is 1. The van der Waals surface area contributed by atoms with E-state index in [1.54, 1.807) is 6.20 Å².